The molecule has 0 unspecified atom stereocenters. The zero-order valence-corrected chi connectivity index (χ0v) is 20.9. The maximum atomic E-state index is 13.5. The molecule has 0 aromatic heterocycles. The van der Waals surface area contributed by atoms with Crippen molar-refractivity contribution in [1.82, 2.24) is 10.2 Å². The number of carbonyl (C=O) groups is 1. The molecular weight excluding hydrogens is 430 g/mol. The number of benzene rings is 2. The van der Waals surface area contributed by atoms with Crippen LogP contribution in [0.5, 0.6) is 0 Å². The third kappa shape index (κ3) is 7.63. The largest absolute Gasteiger partial charge is 0.355 e. The Morgan fingerprint density at radius 3 is 1.97 bits per heavy atom. The van der Waals surface area contributed by atoms with Crippen molar-refractivity contribution in [3.63, 3.8) is 0 Å². The number of nitrogens with one attached hydrogen (secondary N) is 1. The number of amides is 1. The summed E-state index contributed by atoms with van der Waals surface area (Å²) in [5.41, 5.74) is 1.99. The van der Waals surface area contributed by atoms with Gasteiger partial charge in [0, 0.05) is 18.5 Å². The molecule has 0 radical (unpaired) electrons. The second-order valence-corrected chi connectivity index (χ2v) is 10.2. The lowest BCUT2D eigenvalue weighted by Gasteiger charge is -2.37. The molecule has 1 aliphatic rings. The van der Waals surface area contributed by atoms with Gasteiger partial charge in [-0.25, -0.2) is 8.78 Å². The van der Waals surface area contributed by atoms with Gasteiger partial charge in [-0.1, -0.05) is 57.4 Å². The predicted molar refractivity (Wildman–Crippen MR) is 135 cm³/mol. The molecule has 2 aromatic rings. The molecule has 1 fully saturated rings. The quantitative estimate of drug-likeness (QED) is 0.372. The average Bonchev–Trinajstić information content (AvgIpc) is 2.84. The zero-order valence-electron chi connectivity index (χ0n) is 20.9. The first-order chi connectivity index (χ1) is 16.3. The van der Waals surface area contributed by atoms with Crippen LogP contribution in [0.25, 0.3) is 0 Å². The second-order valence-electron chi connectivity index (χ2n) is 10.2. The van der Waals surface area contributed by atoms with E-state index in [1.807, 2.05) is 0 Å². The van der Waals surface area contributed by atoms with E-state index in [0.717, 1.165) is 30.4 Å². The van der Waals surface area contributed by atoms with Crippen LogP contribution in [0.3, 0.4) is 0 Å². The molecule has 1 amide bonds. The van der Waals surface area contributed by atoms with E-state index in [1.165, 1.54) is 56.4 Å². The summed E-state index contributed by atoms with van der Waals surface area (Å²) < 4.78 is 26.9. The predicted octanol–water partition coefficient (Wildman–Crippen LogP) is 6.67. The summed E-state index contributed by atoms with van der Waals surface area (Å²) in [4.78, 5) is 15.5. The van der Waals surface area contributed by atoms with E-state index >= 15 is 0 Å². The van der Waals surface area contributed by atoms with Crippen molar-refractivity contribution in [2.45, 2.75) is 83.2 Å². The van der Waals surface area contributed by atoms with Gasteiger partial charge < -0.3 is 5.32 Å². The van der Waals surface area contributed by atoms with Crippen molar-refractivity contribution in [3.05, 3.63) is 71.3 Å². The lowest BCUT2D eigenvalue weighted by molar-refractivity contribution is -0.127. The fraction of sp³-hybridized carbons (Fsp3) is 0.552. The van der Waals surface area contributed by atoms with E-state index in [2.05, 4.69) is 31.1 Å². The Balaban J connectivity index is 1.60. The highest BCUT2D eigenvalue weighted by Crippen LogP contribution is 2.30. The minimum absolute atomic E-state index is 0.0227. The van der Waals surface area contributed by atoms with Gasteiger partial charge in [0.15, 0.2) is 0 Å². The van der Waals surface area contributed by atoms with Gasteiger partial charge in [0.25, 0.3) is 0 Å². The number of hydrogen-bond donors (Lipinski definition) is 1. The second kappa shape index (κ2) is 13.0. The van der Waals surface area contributed by atoms with E-state index < -0.39 is 0 Å². The van der Waals surface area contributed by atoms with Gasteiger partial charge in [-0.15, -0.1) is 0 Å². The third-order valence-corrected chi connectivity index (χ3v) is 7.15. The van der Waals surface area contributed by atoms with E-state index in [-0.39, 0.29) is 29.5 Å². The lowest BCUT2D eigenvalue weighted by atomic mass is 9.87. The zero-order chi connectivity index (χ0) is 24.5. The lowest BCUT2D eigenvalue weighted by Crippen LogP contribution is -2.50. The normalized spacial score (nSPS) is 15.8. The molecule has 0 aliphatic heterocycles. The Morgan fingerprint density at radius 1 is 0.941 bits per heavy atom. The highest BCUT2D eigenvalue weighted by atomic mass is 19.1. The van der Waals surface area contributed by atoms with E-state index in [9.17, 15) is 13.6 Å². The highest BCUT2D eigenvalue weighted by molar-refractivity contribution is 5.81. The maximum Gasteiger partial charge on any atom is 0.237 e. The maximum absolute atomic E-state index is 13.5. The first kappa shape index (κ1) is 26.3. The Hall–Kier alpha value is -2.27. The molecule has 0 heterocycles. The van der Waals surface area contributed by atoms with Gasteiger partial charge in [0.2, 0.25) is 5.91 Å². The van der Waals surface area contributed by atoms with Crippen molar-refractivity contribution in [1.29, 1.82) is 0 Å². The molecule has 3 nitrogen and oxygen atoms in total. The standard InChI is InChI=1S/C29H40F2N2O/c1-21(2)20-28(33(3)26-8-5-4-6-9-26)29(34)32-19-7-10-27(22-11-15-24(30)16-12-22)23-13-17-25(31)18-14-23/h11-18,21,26-28H,4-10,19-20H2,1-3H3,(H,32,34)/t28-/m0/s1. The van der Waals surface area contributed by atoms with E-state index in [1.54, 1.807) is 24.3 Å². The minimum Gasteiger partial charge on any atom is -0.355 e. The number of nitrogens with zero attached hydrogens (tertiary/aromatic N) is 1. The summed E-state index contributed by atoms with van der Waals surface area (Å²) >= 11 is 0. The van der Waals surface area contributed by atoms with Crippen molar-refractivity contribution >= 4 is 5.91 Å². The van der Waals surface area contributed by atoms with Crippen molar-refractivity contribution < 1.29 is 13.6 Å². The van der Waals surface area contributed by atoms with Gasteiger partial charge in [0.1, 0.15) is 11.6 Å². The minimum atomic E-state index is -0.271. The first-order valence-corrected chi connectivity index (χ1v) is 12.9. The Labute approximate surface area is 203 Å². The van der Waals surface area contributed by atoms with Crippen LogP contribution in [0.4, 0.5) is 8.78 Å². The molecule has 34 heavy (non-hydrogen) atoms. The fourth-order valence-corrected chi connectivity index (χ4v) is 5.20. The van der Waals surface area contributed by atoms with Crippen molar-refractivity contribution in [2.75, 3.05) is 13.6 Å². The van der Waals surface area contributed by atoms with Crippen LogP contribution >= 0.6 is 0 Å². The summed E-state index contributed by atoms with van der Waals surface area (Å²) in [7, 11) is 2.11. The molecule has 1 aliphatic carbocycles. The summed E-state index contributed by atoms with van der Waals surface area (Å²) in [5.74, 6) is 0.0405. The highest BCUT2D eigenvalue weighted by Gasteiger charge is 2.30. The molecule has 0 bridgehead atoms. The van der Waals surface area contributed by atoms with Crippen molar-refractivity contribution in [2.24, 2.45) is 5.92 Å². The molecule has 0 saturated heterocycles. The summed E-state index contributed by atoms with van der Waals surface area (Å²) in [6.45, 7) is 4.93. The van der Waals surface area contributed by atoms with Crippen LogP contribution in [0.1, 0.15) is 82.3 Å². The van der Waals surface area contributed by atoms with E-state index in [4.69, 9.17) is 0 Å². The molecule has 5 heteroatoms. The number of carbonyl (C=O) groups excluding carboxylic acids is 1. The SMILES string of the molecule is CC(C)C[C@@H](C(=O)NCCCC(c1ccc(F)cc1)c1ccc(F)cc1)N(C)C1CCCCC1. The fourth-order valence-electron chi connectivity index (χ4n) is 5.20. The Kier molecular flexibility index (Phi) is 10.1. The molecule has 1 N–H and O–H groups in total. The van der Waals surface area contributed by atoms with E-state index in [0.29, 0.717) is 18.5 Å². The molecule has 1 atom stereocenters. The van der Waals surface area contributed by atoms with Gasteiger partial charge in [-0.3, -0.25) is 9.69 Å². The monoisotopic (exact) mass is 470 g/mol. The number of hydrogen-bond acceptors (Lipinski definition) is 2. The van der Waals surface area contributed by atoms with Gasteiger partial charge >= 0.3 is 0 Å². The van der Waals surface area contributed by atoms with Crippen LogP contribution in [0, 0.1) is 17.6 Å². The molecular formula is C29H40F2N2O. The van der Waals surface area contributed by atoms with Gasteiger partial charge in [-0.05, 0) is 80.5 Å². The average molecular weight is 471 g/mol. The van der Waals surface area contributed by atoms with Crippen molar-refractivity contribution in [3.8, 4) is 0 Å². The summed E-state index contributed by atoms with van der Waals surface area (Å²) in [6, 6.07) is 13.4. The number of likely N-dealkylation sites (N-methyl/N-ethyl adjacent to an activating group) is 1. The van der Waals surface area contributed by atoms with Crippen LogP contribution < -0.4 is 5.32 Å². The molecule has 1 saturated carbocycles. The van der Waals surface area contributed by atoms with Gasteiger partial charge in [-0.2, -0.15) is 0 Å². The third-order valence-electron chi connectivity index (χ3n) is 7.15. The first-order valence-electron chi connectivity index (χ1n) is 12.9. The van der Waals surface area contributed by atoms with Gasteiger partial charge in [0.05, 0.1) is 6.04 Å². The number of halogens is 2. The Bertz CT molecular complexity index is 831. The topological polar surface area (TPSA) is 32.3 Å². The van der Waals surface area contributed by atoms with Crippen LogP contribution in [0.2, 0.25) is 0 Å². The molecule has 186 valence electrons. The molecule has 2 aromatic carbocycles. The Morgan fingerprint density at radius 2 is 1.47 bits per heavy atom. The molecule has 3 rings (SSSR count). The smallest absolute Gasteiger partial charge is 0.237 e. The van der Waals surface area contributed by atoms with Crippen LogP contribution in [-0.4, -0.2) is 36.5 Å². The van der Waals surface area contributed by atoms with Crippen LogP contribution in [0.15, 0.2) is 48.5 Å². The summed E-state index contributed by atoms with van der Waals surface area (Å²) in [6.07, 6.45) is 8.57. The number of rotatable bonds is 11. The summed E-state index contributed by atoms with van der Waals surface area (Å²) in [5, 5.41) is 3.18. The van der Waals surface area contributed by atoms with Crippen LogP contribution in [-0.2, 0) is 4.79 Å². The molecule has 0 spiro atoms.